The molecule has 0 saturated heterocycles. The molecule has 2 unspecified atom stereocenters. The summed E-state index contributed by atoms with van der Waals surface area (Å²) in [5.74, 6) is 0. The van der Waals surface area contributed by atoms with Gasteiger partial charge in [0, 0.05) is 10.2 Å². The first-order valence-corrected chi connectivity index (χ1v) is 3.63. The number of halogens is 3. The van der Waals surface area contributed by atoms with Crippen LogP contribution in [0.1, 0.15) is 6.92 Å². The largest absolute Gasteiger partial charge is 0.269 e. The van der Waals surface area contributed by atoms with Crippen molar-refractivity contribution in [3.63, 3.8) is 0 Å². The summed E-state index contributed by atoms with van der Waals surface area (Å²) in [6.45, 7) is 1.49. The molecule has 0 amide bonds. The molecule has 2 atom stereocenters. The Morgan fingerprint density at radius 1 is 1.25 bits per heavy atom. The van der Waals surface area contributed by atoms with Gasteiger partial charge in [-0.3, -0.25) is 0 Å². The highest BCUT2D eigenvalue weighted by atomic mass is 28.1. The summed E-state index contributed by atoms with van der Waals surface area (Å²) in [5.41, 5.74) is -0.435. The highest BCUT2D eigenvalue weighted by Crippen LogP contribution is 2.16. The molecule has 0 aromatic carbocycles. The Balaban J connectivity index is 3.46. The third-order valence-corrected chi connectivity index (χ3v) is 1.51. The van der Waals surface area contributed by atoms with Crippen LogP contribution in [0.3, 0.4) is 0 Å². The van der Waals surface area contributed by atoms with Crippen LogP contribution in [0.4, 0.5) is 13.2 Å². The van der Waals surface area contributed by atoms with Crippen LogP contribution in [0.2, 0.25) is 5.54 Å². The Morgan fingerprint density at radius 3 is 1.62 bits per heavy atom. The molecular weight excluding hydrogens is 133 g/mol. The summed E-state index contributed by atoms with van der Waals surface area (Å²) < 4.78 is 34.6. The van der Waals surface area contributed by atoms with Gasteiger partial charge in [0.1, 0.15) is 0 Å². The van der Waals surface area contributed by atoms with Crippen molar-refractivity contribution in [3.05, 3.63) is 0 Å². The second-order valence-electron chi connectivity index (χ2n) is 2.02. The van der Waals surface area contributed by atoms with Gasteiger partial charge in [-0.1, -0.05) is 6.92 Å². The first-order valence-electron chi connectivity index (χ1n) is 2.48. The topological polar surface area (TPSA) is 0 Å². The minimum atomic E-state index is -2.79. The lowest BCUT2D eigenvalue weighted by Crippen LogP contribution is -2.16. The Labute approximate surface area is 49.5 Å². The number of rotatable bonds is 2. The van der Waals surface area contributed by atoms with Crippen molar-refractivity contribution >= 4 is 10.2 Å². The summed E-state index contributed by atoms with van der Waals surface area (Å²) in [6.07, 6.45) is -4.69. The van der Waals surface area contributed by atoms with E-state index in [9.17, 15) is 13.2 Å². The standard InChI is InChI=1S/C4H9F3Si/c1-2(8)3(5)4(6)7/h2-4H,1,8H3. The molecule has 0 N–H and O–H groups in total. The Hall–Kier alpha value is 0.00688. The van der Waals surface area contributed by atoms with Gasteiger partial charge in [0.05, 0.1) is 0 Å². The van der Waals surface area contributed by atoms with E-state index in [1.807, 2.05) is 0 Å². The van der Waals surface area contributed by atoms with Crippen molar-refractivity contribution in [1.29, 1.82) is 0 Å². The van der Waals surface area contributed by atoms with Gasteiger partial charge in [0.2, 0.25) is 0 Å². The molecule has 0 aliphatic heterocycles. The maximum absolute atomic E-state index is 11.9. The lowest BCUT2D eigenvalue weighted by molar-refractivity contribution is 0.0487. The number of alkyl halides is 3. The summed E-state index contributed by atoms with van der Waals surface area (Å²) >= 11 is 0. The smallest absolute Gasteiger partial charge is 0.241 e. The maximum atomic E-state index is 11.9. The normalized spacial score (nSPS) is 19.1. The number of hydrogen-bond donors (Lipinski definition) is 0. The Bertz CT molecular complexity index is 56.3. The second-order valence-corrected chi connectivity index (χ2v) is 3.84. The zero-order valence-electron chi connectivity index (χ0n) is 4.87. The molecule has 0 nitrogen and oxygen atoms in total. The molecule has 50 valence electrons. The summed E-state index contributed by atoms with van der Waals surface area (Å²) in [7, 11) is 0.496. The van der Waals surface area contributed by atoms with Crippen molar-refractivity contribution in [3.8, 4) is 0 Å². The van der Waals surface area contributed by atoms with Crippen LogP contribution in [0, 0.1) is 0 Å². The monoisotopic (exact) mass is 142 g/mol. The Kier molecular flexibility index (Phi) is 3.12. The van der Waals surface area contributed by atoms with Gasteiger partial charge < -0.3 is 0 Å². The van der Waals surface area contributed by atoms with E-state index in [0.29, 0.717) is 10.2 Å². The van der Waals surface area contributed by atoms with Crippen molar-refractivity contribution in [2.75, 3.05) is 0 Å². The van der Waals surface area contributed by atoms with Gasteiger partial charge in [-0.25, -0.2) is 13.2 Å². The fraction of sp³-hybridized carbons (Fsp3) is 1.00. The van der Waals surface area contributed by atoms with Crippen molar-refractivity contribution in [2.24, 2.45) is 0 Å². The van der Waals surface area contributed by atoms with Gasteiger partial charge in [0.25, 0.3) is 6.43 Å². The molecule has 0 spiro atoms. The maximum Gasteiger partial charge on any atom is 0.269 e. The lowest BCUT2D eigenvalue weighted by atomic mass is 10.3. The zero-order chi connectivity index (χ0) is 6.73. The lowest BCUT2D eigenvalue weighted by Gasteiger charge is -2.08. The van der Waals surface area contributed by atoms with Gasteiger partial charge in [-0.2, -0.15) is 0 Å². The van der Waals surface area contributed by atoms with E-state index < -0.39 is 18.1 Å². The van der Waals surface area contributed by atoms with E-state index in [1.165, 1.54) is 6.92 Å². The molecule has 8 heavy (non-hydrogen) atoms. The van der Waals surface area contributed by atoms with Crippen LogP contribution in [0.15, 0.2) is 0 Å². The molecule has 0 aliphatic rings. The van der Waals surface area contributed by atoms with Crippen molar-refractivity contribution in [2.45, 2.75) is 25.1 Å². The molecule has 4 heteroatoms. The quantitative estimate of drug-likeness (QED) is 0.499. The summed E-state index contributed by atoms with van der Waals surface area (Å²) in [4.78, 5) is 0. The van der Waals surface area contributed by atoms with E-state index in [0.717, 1.165) is 0 Å². The first-order chi connectivity index (χ1) is 3.55. The van der Waals surface area contributed by atoms with Crippen LogP contribution in [0.25, 0.3) is 0 Å². The van der Waals surface area contributed by atoms with E-state index in [1.54, 1.807) is 0 Å². The van der Waals surface area contributed by atoms with Gasteiger partial charge in [-0.15, -0.1) is 0 Å². The highest BCUT2D eigenvalue weighted by molar-refractivity contribution is 6.11. The SMILES string of the molecule is CC([SiH3])C(F)C(F)F. The van der Waals surface area contributed by atoms with E-state index in [2.05, 4.69) is 0 Å². The van der Waals surface area contributed by atoms with Crippen LogP contribution >= 0.6 is 0 Å². The van der Waals surface area contributed by atoms with Crippen LogP contribution in [-0.4, -0.2) is 22.8 Å². The van der Waals surface area contributed by atoms with E-state index in [-0.39, 0.29) is 0 Å². The van der Waals surface area contributed by atoms with Crippen LogP contribution < -0.4 is 0 Å². The molecule has 0 rings (SSSR count). The predicted molar refractivity (Wildman–Crippen MR) is 30.3 cm³/mol. The van der Waals surface area contributed by atoms with Crippen LogP contribution in [0.5, 0.6) is 0 Å². The zero-order valence-corrected chi connectivity index (χ0v) is 6.87. The van der Waals surface area contributed by atoms with E-state index in [4.69, 9.17) is 0 Å². The van der Waals surface area contributed by atoms with E-state index >= 15 is 0 Å². The van der Waals surface area contributed by atoms with Crippen LogP contribution in [-0.2, 0) is 0 Å². The third kappa shape index (κ3) is 2.35. The molecule has 0 heterocycles. The minimum absolute atomic E-state index is 0.435. The Morgan fingerprint density at radius 2 is 1.62 bits per heavy atom. The molecule has 0 radical (unpaired) electrons. The van der Waals surface area contributed by atoms with Gasteiger partial charge >= 0.3 is 0 Å². The molecular formula is C4H9F3Si. The molecule has 0 aliphatic carbocycles. The highest BCUT2D eigenvalue weighted by Gasteiger charge is 2.21. The minimum Gasteiger partial charge on any atom is -0.241 e. The average molecular weight is 142 g/mol. The fourth-order valence-corrected chi connectivity index (χ4v) is 0.582. The molecule has 0 saturated carbocycles. The molecule has 0 aromatic heterocycles. The second kappa shape index (κ2) is 3.12. The number of hydrogen-bond acceptors (Lipinski definition) is 0. The summed E-state index contributed by atoms with van der Waals surface area (Å²) in [5, 5.41) is 0. The first kappa shape index (κ1) is 8.01. The summed E-state index contributed by atoms with van der Waals surface area (Å²) in [6, 6.07) is 0. The van der Waals surface area contributed by atoms with Gasteiger partial charge in [0.15, 0.2) is 6.17 Å². The average Bonchev–Trinajstić information content (AvgIpc) is 1.64. The molecule has 0 aromatic rings. The van der Waals surface area contributed by atoms with Crippen molar-refractivity contribution in [1.82, 2.24) is 0 Å². The molecule has 0 fully saturated rings. The van der Waals surface area contributed by atoms with Crippen molar-refractivity contribution < 1.29 is 13.2 Å². The fourth-order valence-electron chi connectivity index (χ4n) is 0.291. The third-order valence-electron chi connectivity index (χ3n) is 0.878. The predicted octanol–water partition coefficient (Wildman–Crippen LogP) is 0.763. The van der Waals surface area contributed by atoms with Gasteiger partial charge in [-0.05, 0) is 5.54 Å². The molecule has 0 bridgehead atoms.